The number of carbonyl (C=O) groups is 2. The number of unbranched alkanes of at least 4 members (excludes halogenated alkanes) is 20. The zero-order chi connectivity index (χ0) is 36.6. The Morgan fingerprint density at radius 2 is 0.840 bits per heavy atom. The third-order valence-corrected chi connectivity index (χ3v) is 9.36. The summed E-state index contributed by atoms with van der Waals surface area (Å²) in [6.07, 6.45) is 30.1. The van der Waals surface area contributed by atoms with Crippen LogP contribution >= 0.6 is 0 Å². The van der Waals surface area contributed by atoms with Crippen molar-refractivity contribution in [3.8, 4) is 0 Å². The fraction of sp³-hybridized carbons (Fsp3) is 0.952. The number of rotatable bonds is 41. The second-order valence-electron chi connectivity index (χ2n) is 14.2. The molecule has 0 spiro atoms. The molecule has 0 fully saturated rings. The van der Waals surface area contributed by atoms with Gasteiger partial charge in [-0.1, -0.05) is 136 Å². The van der Waals surface area contributed by atoms with Gasteiger partial charge in [-0.3, -0.25) is 9.59 Å². The van der Waals surface area contributed by atoms with Crippen LogP contribution in [0.2, 0.25) is 0 Å². The average molecular weight is 714 g/mol. The Kier molecular flexibility index (Phi) is 39.6. The first-order valence-corrected chi connectivity index (χ1v) is 21.4. The summed E-state index contributed by atoms with van der Waals surface area (Å²) in [5.74, 6) is -0.222. The molecule has 0 amide bonds. The molecule has 298 valence electrons. The summed E-state index contributed by atoms with van der Waals surface area (Å²) in [4.78, 5) is 26.7. The Morgan fingerprint density at radius 1 is 0.460 bits per heavy atom. The van der Waals surface area contributed by atoms with Gasteiger partial charge in [0.05, 0.1) is 19.8 Å². The quantitative estimate of drug-likeness (QED) is 0.0380. The van der Waals surface area contributed by atoms with E-state index in [1.807, 2.05) is 0 Å². The Morgan fingerprint density at radius 3 is 1.28 bits per heavy atom. The highest BCUT2D eigenvalue weighted by atomic mass is 16.7. The van der Waals surface area contributed by atoms with Crippen molar-refractivity contribution >= 4 is 11.9 Å². The van der Waals surface area contributed by atoms with Crippen molar-refractivity contribution < 1.29 is 33.6 Å². The van der Waals surface area contributed by atoms with Gasteiger partial charge in [0.1, 0.15) is 0 Å². The Labute approximate surface area is 309 Å². The van der Waals surface area contributed by atoms with Gasteiger partial charge >= 0.3 is 11.9 Å². The van der Waals surface area contributed by atoms with Gasteiger partial charge in [-0.15, -0.1) is 0 Å². The summed E-state index contributed by atoms with van der Waals surface area (Å²) in [7, 11) is 0. The van der Waals surface area contributed by atoms with Crippen LogP contribution in [0.15, 0.2) is 0 Å². The number of ether oxygens (including phenoxy) is 4. The normalized spacial score (nSPS) is 11.6. The smallest absolute Gasteiger partial charge is 0.305 e. The molecule has 0 aliphatic rings. The highest BCUT2D eigenvalue weighted by Gasteiger charge is 2.12. The van der Waals surface area contributed by atoms with Crippen molar-refractivity contribution in [2.24, 2.45) is 0 Å². The van der Waals surface area contributed by atoms with Crippen molar-refractivity contribution in [3.63, 3.8) is 0 Å². The molecule has 1 N–H and O–H groups in total. The predicted octanol–water partition coefficient (Wildman–Crippen LogP) is 10.7. The van der Waals surface area contributed by atoms with Crippen LogP contribution in [-0.4, -0.2) is 80.9 Å². The lowest BCUT2D eigenvalue weighted by atomic mass is 10.1. The molecule has 0 atom stereocenters. The minimum absolute atomic E-state index is 0.0712. The SMILES string of the molecule is CCCCCCCCCCCOC(=O)CCCCCN(CCO)CCCCCC(=O)OCCC(OCCCCCCC)OCCCCCCC. The van der Waals surface area contributed by atoms with E-state index in [0.717, 1.165) is 77.3 Å². The first-order chi connectivity index (χ1) is 24.6. The summed E-state index contributed by atoms with van der Waals surface area (Å²) >= 11 is 0. The molecular formula is C42H83NO7. The number of hydrogen-bond acceptors (Lipinski definition) is 8. The molecular weight excluding hydrogens is 630 g/mol. The summed E-state index contributed by atoms with van der Waals surface area (Å²) < 4.78 is 23.0. The number of aliphatic hydroxyl groups excluding tert-OH is 1. The van der Waals surface area contributed by atoms with E-state index in [9.17, 15) is 14.7 Å². The molecule has 0 aromatic heterocycles. The minimum atomic E-state index is -0.305. The van der Waals surface area contributed by atoms with E-state index in [1.54, 1.807) is 0 Å². The maximum Gasteiger partial charge on any atom is 0.305 e. The summed E-state index contributed by atoms with van der Waals surface area (Å²) in [5, 5.41) is 9.50. The van der Waals surface area contributed by atoms with Crippen LogP contribution < -0.4 is 0 Å². The zero-order valence-electron chi connectivity index (χ0n) is 33.4. The molecule has 0 aliphatic carbocycles. The molecule has 8 nitrogen and oxygen atoms in total. The number of hydrogen-bond donors (Lipinski definition) is 1. The molecule has 0 radical (unpaired) electrons. The lowest BCUT2D eigenvalue weighted by Crippen LogP contribution is -2.29. The van der Waals surface area contributed by atoms with Gasteiger partial charge in [0.25, 0.3) is 0 Å². The van der Waals surface area contributed by atoms with E-state index in [4.69, 9.17) is 18.9 Å². The van der Waals surface area contributed by atoms with E-state index >= 15 is 0 Å². The summed E-state index contributed by atoms with van der Waals surface area (Å²) in [5.41, 5.74) is 0. The van der Waals surface area contributed by atoms with Crippen LogP contribution in [0, 0.1) is 0 Å². The van der Waals surface area contributed by atoms with E-state index in [-0.39, 0.29) is 24.8 Å². The fourth-order valence-corrected chi connectivity index (χ4v) is 6.11. The van der Waals surface area contributed by atoms with Crippen LogP contribution in [0.4, 0.5) is 0 Å². The van der Waals surface area contributed by atoms with Crippen molar-refractivity contribution in [2.75, 3.05) is 52.7 Å². The zero-order valence-corrected chi connectivity index (χ0v) is 33.4. The van der Waals surface area contributed by atoms with Gasteiger partial charge in [-0.2, -0.15) is 0 Å². The largest absolute Gasteiger partial charge is 0.466 e. The maximum absolute atomic E-state index is 12.4. The van der Waals surface area contributed by atoms with Gasteiger partial charge in [-0.25, -0.2) is 0 Å². The van der Waals surface area contributed by atoms with Gasteiger partial charge in [0, 0.05) is 39.0 Å². The lowest BCUT2D eigenvalue weighted by molar-refractivity contribution is -0.161. The molecule has 0 aromatic carbocycles. The monoisotopic (exact) mass is 714 g/mol. The highest BCUT2D eigenvalue weighted by Crippen LogP contribution is 2.12. The van der Waals surface area contributed by atoms with Gasteiger partial charge in [-0.05, 0) is 58.0 Å². The molecule has 0 aromatic rings. The molecule has 0 heterocycles. The van der Waals surface area contributed by atoms with Crippen LogP contribution in [0.5, 0.6) is 0 Å². The molecule has 0 saturated carbocycles. The predicted molar refractivity (Wildman–Crippen MR) is 207 cm³/mol. The third-order valence-electron chi connectivity index (χ3n) is 9.36. The summed E-state index contributed by atoms with van der Waals surface area (Å²) in [6.45, 7) is 11.6. The van der Waals surface area contributed by atoms with Crippen molar-refractivity contribution in [3.05, 3.63) is 0 Å². The van der Waals surface area contributed by atoms with Crippen molar-refractivity contribution in [1.29, 1.82) is 0 Å². The van der Waals surface area contributed by atoms with Gasteiger partial charge < -0.3 is 29.0 Å². The Balaban J connectivity index is 3.96. The van der Waals surface area contributed by atoms with Crippen molar-refractivity contribution in [1.82, 2.24) is 4.90 Å². The Bertz CT molecular complexity index is 692. The van der Waals surface area contributed by atoms with E-state index < -0.39 is 0 Å². The third kappa shape index (κ3) is 36.6. The molecule has 8 heteroatoms. The van der Waals surface area contributed by atoms with Crippen LogP contribution in [0.1, 0.15) is 201 Å². The molecule has 50 heavy (non-hydrogen) atoms. The standard InChI is InChI=1S/C42H83NO7/c1-4-7-10-13-14-15-16-19-26-36-47-40(45)29-22-20-24-32-43(34-35-44)33-25-21-23-30-41(46)48-39-31-42(49-37-27-17-11-8-5-2)50-38-28-18-12-9-6-3/h42,44H,4-39H2,1-3H3. The molecule has 0 bridgehead atoms. The number of nitrogens with zero attached hydrogens (tertiary/aromatic N) is 1. The minimum Gasteiger partial charge on any atom is -0.466 e. The van der Waals surface area contributed by atoms with Crippen molar-refractivity contribution in [2.45, 2.75) is 207 Å². The number of aliphatic hydroxyl groups is 1. The van der Waals surface area contributed by atoms with E-state index in [0.29, 0.717) is 52.2 Å². The van der Waals surface area contributed by atoms with Crippen LogP contribution in [-0.2, 0) is 28.5 Å². The van der Waals surface area contributed by atoms with Gasteiger partial charge in [0.15, 0.2) is 6.29 Å². The van der Waals surface area contributed by atoms with E-state index in [2.05, 4.69) is 25.7 Å². The molecule has 0 rings (SSSR count). The average Bonchev–Trinajstić information content (AvgIpc) is 3.11. The first kappa shape index (κ1) is 48.8. The van der Waals surface area contributed by atoms with Crippen LogP contribution in [0.3, 0.4) is 0 Å². The second kappa shape index (κ2) is 40.5. The second-order valence-corrected chi connectivity index (χ2v) is 14.2. The molecule has 0 saturated heterocycles. The molecule has 0 aliphatic heterocycles. The topological polar surface area (TPSA) is 94.5 Å². The summed E-state index contributed by atoms with van der Waals surface area (Å²) in [6, 6.07) is 0. The fourth-order valence-electron chi connectivity index (χ4n) is 6.11. The highest BCUT2D eigenvalue weighted by molar-refractivity contribution is 5.69. The lowest BCUT2D eigenvalue weighted by Gasteiger charge is -2.21. The molecule has 0 unspecified atom stereocenters. The van der Waals surface area contributed by atoms with E-state index in [1.165, 1.54) is 96.3 Å². The maximum atomic E-state index is 12.4. The number of carbonyl (C=O) groups excluding carboxylic acids is 2. The first-order valence-electron chi connectivity index (χ1n) is 21.4. The Hall–Kier alpha value is -1.22. The number of esters is 2. The van der Waals surface area contributed by atoms with Gasteiger partial charge in [0.2, 0.25) is 0 Å². The van der Waals surface area contributed by atoms with Crippen LogP contribution in [0.25, 0.3) is 0 Å².